The van der Waals surface area contributed by atoms with E-state index in [0.717, 1.165) is 57.8 Å². The third-order valence-corrected chi connectivity index (χ3v) is 5.84. The molecule has 34 heavy (non-hydrogen) atoms. The van der Waals surface area contributed by atoms with Gasteiger partial charge in [-0.1, -0.05) is 64.3 Å². The summed E-state index contributed by atoms with van der Waals surface area (Å²) in [6.07, 6.45) is 23.1. The molecule has 0 rings (SSSR count). The van der Waals surface area contributed by atoms with Gasteiger partial charge in [-0.05, 0) is 106 Å². The summed E-state index contributed by atoms with van der Waals surface area (Å²) < 4.78 is 0. The summed E-state index contributed by atoms with van der Waals surface area (Å²) in [5.74, 6) is -2.94. The van der Waals surface area contributed by atoms with Crippen LogP contribution in [0.2, 0.25) is 0 Å². The number of aliphatic hydroxyl groups excluding tert-OH is 1. The molecular weight excluding hydrogens is 424 g/mol. The van der Waals surface area contributed by atoms with Crippen molar-refractivity contribution in [1.82, 2.24) is 0 Å². The molecule has 0 aliphatic carbocycles. The van der Waals surface area contributed by atoms with E-state index < -0.39 is 12.6 Å². The van der Waals surface area contributed by atoms with E-state index in [1.807, 2.05) is 6.92 Å². The lowest BCUT2D eigenvalue weighted by Gasteiger charge is -2.16. The van der Waals surface area contributed by atoms with E-state index in [2.05, 4.69) is 65.0 Å². The summed E-state index contributed by atoms with van der Waals surface area (Å²) in [5, 5.41) is 36.4. The predicted octanol–water partition coefficient (Wildman–Crippen LogP) is 7.19. The predicted molar refractivity (Wildman–Crippen MR) is 145 cm³/mol. The first-order valence-electron chi connectivity index (χ1n) is 12.7. The van der Waals surface area contributed by atoms with Gasteiger partial charge < -0.3 is 20.4 Å². The zero-order valence-electron chi connectivity index (χ0n) is 22.5. The van der Waals surface area contributed by atoms with Crippen LogP contribution in [0, 0.1) is 0 Å². The Morgan fingerprint density at radius 3 is 1.15 bits per heavy atom. The molecule has 0 spiro atoms. The Morgan fingerprint density at radius 1 is 0.500 bits per heavy atom. The second kappa shape index (κ2) is 18.6. The number of aliphatic hydroxyl groups is 4. The second-order valence-corrected chi connectivity index (χ2v) is 9.74. The largest absolute Gasteiger partial charge is 0.392 e. The monoisotopic (exact) mass is 474 g/mol. The van der Waals surface area contributed by atoms with Crippen molar-refractivity contribution < 1.29 is 20.4 Å². The minimum Gasteiger partial charge on any atom is -0.392 e. The molecule has 4 nitrogen and oxygen atoms in total. The second-order valence-electron chi connectivity index (χ2n) is 9.74. The number of hydrogen-bond donors (Lipinski definition) is 4. The molecule has 0 fully saturated rings. The molecule has 0 aromatic carbocycles. The van der Waals surface area contributed by atoms with Gasteiger partial charge in [0.1, 0.15) is 0 Å². The molecule has 0 aliphatic rings. The molecule has 194 valence electrons. The molecule has 0 aromatic heterocycles. The molecule has 0 aromatic rings. The van der Waals surface area contributed by atoms with Gasteiger partial charge in [0.2, 0.25) is 0 Å². The highest BCUT2D eigenvalue weighted by Gasteiger charge is 2.23. The van der Waals surface area contributed by atoms with Crippen LogP contribution < -0.4 is 0 Å². The van der Waals surface area contributed by atoms with Crippen molar-refractivity contribution >= 4 is 0 Å². The highest BCUT2D eigenvalue weighted by molar-refractivity contribution is 5.11. The SMILES string of the molecule is CC(C)=CCC/C(C)=C\CC/C(C)=C/CC/C=C(\C)CC/C=C(\C)CC/C=C(\CO)C(O)(O)O. The van der Waals surface area contributed by atoms with Crippen molar-refractivity contribution in [1.29, 1.82) is 0 Å². The molecule has 0 atom stereocenters. The molecule has 4 N–H and O–H groups in total. The highest BCUT2D eigenvalue weighted by Crippen LogP contribution is 2.16. The Kier molecular flexibility index (Phi) is 17.6. The van der Waals surface area contributed by atoms with Crippen LogP contribution in [0.1, 0.15) is 106 Å². The highest BCUT2D eigenvalue weighted by atomic mass is 16.7. The summed E-state index contributed by atoms with van der Waals surface area (Å²) in [7, 11) is 0. The number of allylic oxidation sites excluding steroid dienone is 11. The Bertz CT molecular complexity index is 751. The van der Waals surface area contributed by atoms with Crippen LogP contribution in [0.4, 0.5) is 0 Å². The smallest absolute Gasteiger partial charge is 0.302 e. The molecule has 0 saturated heterocycles. The standard InChI is InChI=1S/C30H50O4/c1-24(2)13-9-16-27(5)19-10-17-25(3)14-7-8-15-26(4)18-11-20-28(6)21-12-22-29(23-31)30(32,33)34/h13-15,19-20,22,31-34H,7-12,16-18,21,23H2,1-6H3/b25-14+,26-15+,27-19-,28-20+,29-22+. The quantitative estimate of drug-likeness (QED) is 0.102. The minimum atomic E-state index is -2.94. The maximum absolute atomic E-state index is 9.12. The van der Waals surface area contributed by atoms with Crippen LogP contribution >= 0.6 is 0 Å². The fourth-order valence-electron chi connectivity index (χ4n) is 3.53. The van der Waals surface area contributed by atoms with Crippen LogP contribution in [-0.2, 0) is 0 Å². The molecule has 4 heteroatoms. The van der Waals surface area contributed by atoms with Gasteiger partial charge in [-0.3, -0.25) is 0 Å². The van der Waals surface area contributed by atoms with E-state index in [-0.39, 0.29) is 5.57 Å². The van der Waals surface area contributed by atoms with Crippen LogP contribution in [0.15, 0.2) is 69.9 Å². The summed E-state index contributed by atoms with van der Waals surface area (Å²) in [6.45, 7) is 12.4. The average molecular weight is 475 g/mol. The van der Waals surface area contributed by atoms with E-state index in [9.17, 15) is 0 Å². The Balaban J connectivity index is 4.20. The first-order chi connectivity index (χ1) is 16.0. The molecular formula is C30H50O4. The zero-order valence-corrected chi connectivity index (χ0v) is 22.5. The lowest BCUT2D eigenvalue weighted by atomic mass is 10.0. The molecule has 0 aliphatic heterocycles. The van der Waals surface area contributed by atoms with Crippen molar-refractivity contribution in [2.45, 2.75) is 112 Å². The van der Waals surface area contributed by atoms with Crippen molar-refractivity contribution in [3.63, 3.8) is 0 Å². The average Bonchev–Trinajstić information content (AvgIpc) is 2.73. The molecule has 0 radical (unpaired) electrons. The Labute approximate surface area is 208 Å². The number of hydrogen-bond acceptors (Lipinski definition) is 4. The molecule has 0 bridgehead atoms. The van der Waals surface area contributed by atoms with E-state index in [4.69, 9.17) is 20.4 Å². The Morgan fingerprint density at radius 2 is 0.824 bits per heavy atom. The zero-order chi connectivity index (χ0) is 26.0. The number of rotatable bonds is 17. The lowest BCUT2D eigenvalue weighted by Crippen LogP contribution is -2.31. The normalized spacial score (nSPS) is 14.6. The summed E-state index contributed by atoms with van der Waals surface area (Å²) >= 11 is 0. The van der Waals surface area contributed by atoms with E-state index in [0.29, 0.717) is 6.42 Å². The van der Waals surface area contributed by atoms with E-state index >= 15 is 0 Å². The molecule has 0 saturated carbocycles. The van der Waals surface area contributed by atoms with Gasteiger partial charge in [0.15, 0.2) is 0 Å². The van der Waals surface area contributed by atoms with Gasteiger partial charge in [-0.15, -0.1) is 0 Å². The first kappa shape index (κ1) is 32.3. The van der Waals surface area contributed by atoms with Crippen LogP contribution in [0.3, 0.4) is 0 Å². The summed E-state index contributed by atoms with van der Waals surface area (Å²) in [6, 6.07) is 0. The van der Waals surface area contributed by atoms with Crippen molar-refractivity contribution in [3.8, 4) is 0 Å². The van der Waals surface area contributed by atoms with Gasteiger partial charge in [-0.2, -0.15) is 0 Å². The van der Waals surface area contributed by atoms with Crippen LogP contribution in [-0.4, -0.2) is 33.0 Å². The van der Waals surface area contributed by atoms with Gasteiger partial charge >= 0.3 is 5.97 Å². The van der Waals surface area contributed by atoms with Crippen LogP contribution in [0.25, 0.3) is 0 Å². The summed E-state index contributed by atoms with van der Waals surface area (Å²) in [5.41, 5.74) is 6.77. The van der Waals surface area contributed by atoms with E-state index in [1.54, 1.807) is 0 Å². The van der Waals surface area contributed by atoms with Crippen molar-refractivity contribution in [2.24, 2.45) is 0 Å². The maximum Gasteiger partial charge on any atom is 0.302 e. The number of unbranched alkanes of at least 4 members (excludes halogenated alkanes) is 1. The Hall–Kier alpha value is -1.72. The third-order valence-electron chi connectivity index (χ3n) is 5.84. The van der Waals surface area contributed by atoms with Gasteiger partial charge in [0, 0.05) is 5.57 Å². The fraction of sp³-hybridized carbons (Fsp3) is 0.600. The maximum atomic E-state index is 9.12. The van der Waals surface area contributed by atoms with E-state index in [1.165, 1.54) is 33.9 Å². The molecule has 0 heterocycles. The van der Waals surface area contributed by atoms with Gasteiger partial charge in [0.05, 0.1) is 6.61 Å². The third kappa shape index (κ3) is 18.7. The molecule has 0 amide bonds. The summed E-state index contributed by atoms with van der Waals surface area (Å²) in [4.78, 5) is 0. The first-order valence-corrected chi connectivity index (χ1v) is 12.7. The molecule has 0 unspecified atom stereocenters. The van der Waals surface area contributed by atoms with Gasteiger partial charge in [-0.25, -0.2) is 0 Å². The van der Waals surface area contributed by atoms with Crippen molar-refractivity contribution in [3.05, 3.63) is 69.9 Å². The fourth-order valence-corrected chi connectivity index (χ4v) is 3.53. The lowest BCUT2D eigenvalue weighted by molar-refractivity contribution is -0.284. The topological polar surface area (TPSA) is 80.9 Å². The minimum absolute atomic E-state index is 0.190. The van der Waals surface area contributed by atoms with Gasteiger partial charge in [0.25, 0.3) is 0 Å². The van der Waals surface area contributed by atoms with Crippen LogP contribution in [0.5, 0.6) is 0 Å². The van der Waals surface area contributed by atoms with Crippen molar-refractivity contribution in [2.75, 3.05) is 6.61 Å².